The highest BCUT2D eigenvalue weighted by Crippen LogP contribution is 2.13. The van der Waals surface area contributed by atoms with Crippen LogP contribution in [0.2, 0.25) is 5.02 Å². The van der Waals surface area contributed by atoms with Crippen LogP contribution in [0.4, 0.5) is 0 Å². The SMILES string of the molecule is Cc1cccnc1CNC(=O)c1cnccc1Cl. The molecule has 0 atom stereocenters. The van der Waals surface area contributed by atoms with E-state index in [1.807, 2.05) is 19.1 Å². The lowest BCUT2D eigenvalue weighted by Crippen LogP contribution is -2.24. The molecule has 0 fully saturated rings. The second kappa shape index (κ2) is 5.60. The van der Waals surface area contributed by atoms with Crippen molar-refractivity contribution in [3.63, 3.8) is 0 Å². The van der Waals surface area contributed by atoms with E-state index in [4.69, 9.17) is 11.6 Å². The van der Waals surface area contributed by atoms with Crippen LogP contribution >= 0.6 is 11.6 Å². The fraction of sp³-hybridized carbons (Fsp3) is 0.154. The van der Waals surface area contributed by atoms with Gasteiger partial charge in [0.25, 0.3) is 5.91 Å². The smallest absolute Gasteiger partial charge is 0.254 e. The molecule has 1 amide bonds. The molecule has 0 spiro atoms. The molecule has 5 heteroatoms. The number of pyridine rings is 2. The van der Waals surface area contributed by atoms with E-state index in [1.54, 1.807) is 18.5 Å². The number of halogens is 1. The van der Waals surface area contributed by atoms with Gasteiger partial charge in [-0.1, -0.05) is 17.7 Å². The van der Waals surface area contributed by atoms with Crippen LogP contribution in [0.1, 0.15) is 21.6 Å². The monoisotopic (exact) mass is 261 g/mol. The second-order valence-corrected chi connectivity index (χ2v) is 4.21. The molecule has 1 N–H and O–H groups in total. The molecule has 0 radical (unpaired) electrons. The molecule has 92 valence electrons. The van der Waals surface area contributed by atoms with Gasteiger partial charge in [0.1, 0.15) is 0 Å². The van der Waals surface area contributed by atoms with Gasteiger partial charge >= 0.3 is 0 Å². The van der Waals surface area contributed by atoms with Crippen molar-refractivity contribution in [2.75, 3.05) is 0 Å². The first-order chi connectivity index (χ1) is 8.68. The molecule has 2 aromatic heterocycles. The van der Waals surface area contributed by atoms with Crippen LogP contribution in [0.3, 0.4) is 0 Å². The van der Waals surface area contributed by atoms with Gasteiger partial charge in [0.2, 0.25) is 0 Å². The summed E-state index contributed by atoms with van der Waals surface area (Å²) in [6.45, 7) is 2.32. The summed E-state index contributed by atoms with van der Waals surface area (Å²) >= 11 is 5.92. The third-order valence-electron chi connectivity index (χ3n) is 2.55. The quantitative estimate of drug-likeness (QED) is 0.923. The van der Waals surface area contributed by atoms with Crippen molar-refractivity contribution in [3.8, 4) is 0 Å². The summed E-state index contributed by atoms with van der Waals surface area (Å²) in [4.78, 5) is 20.0. The lowest BCUT2D eigenvalue weighted by atomic mass is 10.2. The van der Waals surface area contributed by atoms with E-state index >= 15 is 0 Å². The lowest BCUT2D eigenvalue weighted by molar-refractivity contribution is 0.0950. The van der Waals surface area contributed by atoms with Gasteiger partial charge in [-0.05, 0) is 24.6 Å². The van der Waals surface area contributed by atoms with Gasteiger partial charge in [-0.3, -0.25) is 14.8 Å². The van der Waals surface area contributed by atoms with Crippen molar-refractivity contribution in [3.05, 3.63) is 58.6 Å². The summed E-state index contributed by atoms with van der Waals surface area (Å²) in [5.74, 6) is -0.252. The minimum Gasteiger partial charge on any atom is -0.346 e. The standard InChI is InChI=1S/C13H12ClN3O/c1-9-3-2-5-16-12(9)8-17-13(18)10-7-15-6-4-11(10)14/h2-7H,8H2,1H3,(H,17,18). The third-order valence-corrected chi connectivity index (χ3v) is 2.88. The summed E-state index contributed by atoms with van der Waals surface area (Å²) in [5.41, 5.74) is 2.24. The maximum atomic E-state index is 11.9. The molecule has 0 saturated heterocycles. The number of nitrogens with zero attached hydrogens (tertiary/aromatic N) is 2. The minimum absolute atomic E-state index is 0.252. The second-order valence-electron chi connectivity index (χ2n) is 3.81. The average Bonchev–Trinajstić information content (AvgIpc) is 2.38. The van der Waals surface area contributed by atoms with Crippen molar-refractivity contribution >= 4 is 17.5 Å². The van der Waals surface area contributed by atoms with E-state index in [1.165, 1.54) is 6.20 Å². The molecule has 18 heavy (non-hydrogen) atoms. The predicted octanol–water partition coefficient (Wildman–Crippen LogP) is 2.37. The molecule has 0 aliphatic heterocycles. The number of carbonyl (C=O) groups excluding carboxylic acids is 1. The first-order valence-corrected chi connectivity index (χ1v) is 5.84. The molecule has 2 aromatic rings. The first-order valence-electron chi connectivity index (χ1n) is 5.46. The summed E-state index contributed by atoms with van der Waals surface area (Å²) in [7, 11) is 0. The van der Waals surface area contributed by atoms with Gasteiger partial charge in [0.05, 0.1) is 22.8 Å². The Morgan fingerprint density at radius 1 is 1.39 bits per heavy atom. The molecule has 0 unspecified atom stereocenters. The minimum atomic E-state index is -0.252. The fourth-order valence-electron chi connectivity index (χ4n) is 1.51. The number of hydrogen-bond donors (Lipinski definition) is 1. The topological polar surface area (TPSA) is 54.9 Å². The van der Waals surface area contributed by atoms with E-state index < -0.39 is 0 Å². The van der Waals surface area contributed by atoms with Gasteiger partial charge in [0.15, 0.2) is 0 Å². The number of amides is 1. The van der Waals surface area contributed by atoms with Crippen molar-refractivity contribution in [1.82, 2.24) is 15.3 Å². The van der Waals surface area contributed by atoms with E-state index in [0.717, 1.165) is 11.3 Å². The number of nitrogens with one attached hydrogen (secondary N) is 1. The third kappa shape index (κ3) is 2.84. The summed E-state index contributed by atoms with van der Waals surface area (Å²) < 4.78 is 0. The van der Waals surface area contributed by atoms with E-state index in [-0.39, 0.29) is 5.91 Å². The van der Waals surface area contributed by atoms with Crippen LogP contribution in [0.25, 0.3) is 0 Å². The molecular weight excluding hydrogens is 250 g/mol. The van der Waals surface area contributed by atoms with Gasteiger partial charge in [0, 0.05) is 18.6 Å². The predicted molar refractivity (Wildman–Crippen MR) is 69.4 cm³/mol. The van der Waals surface area contributed by atoms with Crippen LogP contribution in [0, 0.1) is 6.92 Å². The normalized spacial score (nSPS) is 10.1. The van der Waals surface area contributed by atoms with Gasteiger partial charge in [-0.15, -0.1) is 0 Å². The Morgan fingerprint density at radius 2 is 2.22 bits per heavy atom. The molecule has 4 nitrogen and oxygen atoms in total. The molecule has 0 saturated carbocycles. The average molecular weight is 262 g/mol. The highest BCUT2D eigenvalue weighted by atomic mass is 35.5. The number of rotatable bonds is 3. The molecule has 2 rings (SSSR count). The molecular formula is C13H12ClN3O. The molecule has 0 bridgehead atoms. The van der Waals surface area contributed by atoms with Crippen molar-refractivity contribution in [2.24, 2.45) is 0 Å². The first kappa shape index (κ1) is 12.5. The number of aryl methyl sites for hydroxylation is 1. The van der Waals surface area contributed by atoms with Gasteiger partial charge < -0.3 is 5.32 Å². The van der Waals surface area contributed by atoms with Crippen LogP contribution in [-0.2, 0) is 6.54 Å². The Kier molecular flexibility index (Phi) is 3.89. The van der Waals surface area contributed by atoms with E-state index in [0.29, 0.717) is 17.1 Å². The highest BCUT2D eigenvalue weighted by molar-refractivity contribution is 6.33. The number of aromatic nitrogens is 2. The van der Waals surface area contributed by atoms with Crippen molar-refractivity contribution < 1.29 is 4.79 Å². The number of hydrogen-bond acceptors (Lipinski definition) is 3. The van der Waals surface area contributed by atoms with E-state index in [9.17, 15) is 4.79 Å². The Morgan fingerprint density at radius 3 is 2.94 bits per heavy atom. The Bertz CT molecular complexity index is 572. The maximum Gasteiger partial charge on any atom is 0.254 e. The zero-order valence-electron chi connectivity index (χ0n) is 9.85. The van der Waals surface area contributed by atoms with Gasteiger partial charge in [-0.2, -0.15) is 0 Å². The summed E-state index contributed by atoms with van der Waals surface area (Å²) in [6, 6.07) is 5.40. The highest BCUT2D eigenvalue weighted by Gasteiger charge is 2.10. The largest absolute Gasteiger partial charge is 0.346 e. The Balaban J connectivity index is 2.06. The molecule has 2 heterocycles. The Hall–Kier alpha value is -1.94. The molecule has 0 aliphatic rings. The van der Waals surface area contributed by atoms with Crippen LogP contribution in [0.5, 0.6) is 0 Å². The molecule has 0 aliphatic carbocycles. The van der Waals surface area contributed by atoms with Crippen LogP contribution in [-0.4, -0.2) is 15.9 Å². The fourth-order valence-corrected chi connectivity index (χ4v) is 1.70. The number of carbonyl (C=O) groups is 1. The zero-order valence-corrected chi connectivity index (χ0v) is 10.6. The molecule has 0 aromatic carbocycles. The maximum absolute atomic E-state index is 11.9. The van der Waals surface area contributed by atoms with Gasteiger partial charge in [-0.25, -0.2) is 0 Å². The Labute approximate surface area is 110 Å². The van der Waals surface area contributed by atoms with Crippen molar-refractivity contribution in [1.29, 1.82) is 0 Å². The summed E-state index contributed by atoms with van der Waals surface area (Å²) in [6.07, 6.45) is 4.69. The lowest BCUT2D eigenvalue weighted by Gasteiger charge is -2.07. The zero-order chi connectivity index (χ0) is 13.0. The van der Waals surface area contributed by atoms with Crippen LogP contribution in [0.15, 0.2) is 36.8 Å². The van der Waals surface area contributed by atoms with Crippen molar-refractivity contribution in [2.45, 2.75) is 13.5 Å². The van der Waals surface area contributed by atoms with Crippen LogP contribution < -0.4 is 5.32 Å². The summed E-state index contributed by atoms with van der Waals surface area (Å²) in [5, 5.41) is 3.16. The van der Waals surface area contributed by atoms with E-state index in [2.05, 4.69) is 15.3 Å².